The highest BCUT2D eigenvalue weighted by molar-refractivity contribution is 5.84. The SMILES string of the molecule is C=CCC(c1cc2[nH]c1C(C)(C)c1ccc([nH]1)C(C)(C)c1ccc([nH]1)C(C)(C)c1ccc([nH]1)C2(C)C)c1c[nH]c2ccccc12. The average molecular weight is 598 g/mol. The normalized spacial score (nSPS) is 18.6. The summed E-state index contributed by atoms with van der Waals surface area (Å²) in [6, 6.07) is 24.6. The fraction of sp³-hybridized carbons (Fsp3) is 0.350. The summed E-state index contributed by atoms with van der Waals surface area (Å²) in [7, 11) is 0. The molecule has 1 atom stereocenters. The third-order valence-electron chi connectivity index (χ3n) is 11.0. The molecule has 0 radical (unpaired) electrons. The number of fused-ring (bicyclic) bond motifs is 9. The Morgan fingerprint density at radius 3 is 1.56 bits per heavy atom. The monoisotopic (exact) mass is 597 g/mol. The predicted molar refractivity (Wildman–Crippen MR) is 187 cm³/mol. The minimum atomic E-state index is -0.329. The second-order valence-corrected chi connectivity index (χ2v) is 15.2. The molecule has 0 saturated carbocycles. The maximum atomic E-state index is 4.21. The number of hydrogen-bond acceptors (Lipinski definition) is 0. The Bertz CT molecular complexity index is 2020. The predicted octanol–water partition coefficient (Wildman–Crippen LogP) is 9.81. The maximum Gasteiger partial charge on any atom is 0.0457 e. The van der Waals surface area contributed by atoms with Crippen LogP contribution in [0.2, 0.25) is 0 Å². The van der Waals surface area contributed by atoms with E-state index >= 15 is 0 Å². The Balaban J connectivity index is 1.50. The van der Waals surface area contributed by atoms with Gasteiger partial charge in [0.05, 0.1) is 0 Å². The van der Waals surface area contributed by atoms with Gasteiger partial charge < -0.3 is 24.9 Å². The van der Waals surface area contributed by atoms with Gasteiger partial charge in [-0.25, -0.2) is 0 Å². The lowest BCUT2D eigenvalue weighted by Crippen LogP contribution is -2.26. The van der Waals surface area contributed by atoms with E-state index in [0.717, 1.165) is 11.9 Å². The minimum absolute atomic E-state index is 0.136. The molecule has 0 fully saturated rings. The van der Waals surface area contributed by atoms with E-state index in [4.69, 9.17) is 0 Å². The first-order valence-corrected chi connectivity index (χ1v) is 16.3. The van der Waals surface area contributed by atoms with E-state index in [1.807, 2.05) is 0 Å². The van der Waals surface area contributed by atoms with Crippen molar-refractivity contribution in [1.29, 1.82) is 0 Å². The molecule has 1 aromatic carbocycles. The van der Waals surface area contributed by atoms with Gasteiger partial charge in [0.2, 0.25) is 0 Å². The van der Waals surface area contributed by atoms with Crippen molar-refractivity contribution in [3.8, 4) is 0 Å². The second kappa shape index (κ2) is 9.81. The third-order valence-corrected chi connectivity index (χ3v) is 11.0. The summed E-state index contributed by atoms with van der Waals surface area (Å²) >= 11 is 0. The molecule has 0 saturated heterocycles. The largest absolute Gasteiger partial charge is 0.361 e. The molecule has 5 nitrogen and oxygen atoms in total. The van der Waals surface area contributed by atoms with E-state index in [9.17, 15) is 0 Å². The van der Waals surface area contributed by atoms with Crippen LogP contribution in [0.1, 0.15) is 124 Å². The van der Waals surface area contributed by atoms with Crippen molar-refractivity contribution in [2.45, 2.75) is 89.4 Å². The minimum Gasteiger partial charge on any atom is -0.361 e. The molecule has 45 heavy (non-hydrogen) atoms. The van der Waals surface area contributed by atoms with Gasteiger partial charge in [-0.05, 0) is 121 Å². The molecular weight excluding hydrogens is 550 g/mol. The number of benzene rings is 1. The second-order valence-electron chi connectivity index (χ2n) is 15.2. The summed E-state index contributed by atoms with van der Waals surface area (Å²) in [5.74, 6) is 0.136. The zero-order chi connectivity index (χ0) is 31.9. The molecule has 1 aliphatic rings. The molecule has 6 heterocycles. The number of nitrogens with one attached hydrogen (secondary N) is 5. The molecule has 1 unspecified atom stereocenters. The first kappa shape index (κ1) is 29.3. The van der Waals surface area contributed by atoms with E-state index in [1.54, 1.807) is 0 Å². The van der Waals surface area contributed by atoms with E-state index in [0.29, 0.717) is 0 Å². The van der Waals surface area contributed by atoms with Crippen LogP contribution in [0.25, 0.3) is 10.9 Å². The fourth-order valence-electron chi connectivity index (χ4n) is 7.51. The molecule has 0 aliphatic carbocycles. The molecule has 232 valence electrons. The number of para-hydroxylation sites is 1. The van der Waals surface area contributed by atoms with E-state index in [-0.39, 0.29) is 27.6 Å². The number of H-pyrrole nitrogens is 5. The van der Waals surface area contributed by atoms with Crippen LogP contribution in [0.15, 0.2) is 85.6 Å². The summed E-state index contributed by atoms with van der Waals surface area (Å²) in [5.41, 5.74) is 12.3. The summed E-state index contributed by atoms with van der Waals surface area (Å²) in [6.07, 6.45) is 5.10. The number of hydrogen-bond donors (Lipinski definition) is 5. The van der Waals surface area contributed by atoms with Crippen LogP contribution >= 0.6 is 0 Å². The van der Waals surface area contributed by atoms with Gasteiger partial charge in [0.1, 0.15) is 0 Å². The topological polar surface area (TPSA) is 78.9 Å². The summed E-state index contributed by atoms with van der Waals surface area (Å²) < 4.78 is 0. The van der Waals surface area contributed by atoms with Crippen LogP contribution < -0.4 is 0 Å². The van der Waals surface area contributed by atoms with Gasteiger partial charge in [-0.15, -0.1) is 6.58 Å². The molecule has 5 N–H and O–H groups in total. The third kappa shape index (κ3) is 4.34. The standard InChI is InChI=1S/C40H47N5/c1-10-13-24(27-23-41-28-15-12-11-14-25(27)28)26-22-35-39(6,7)33-19-18-31(43-33)37(2,3)29-16-17-30(42-29)38(4,5)32-20-21-34(44-32)40(8,9)36(26)45-35/h10-12,14-24,41-45H,1,13H2,2-9H3. The van der Waals surface area contributed by atoms with Gasteiger partial charge in [0.15, 0.2) is 0 Å². The van der Waals surface area contributed by atoms with Gasteiger partial charge >= 0.3 is 0 Å². The lowest BCUT2D eigenvalue weighted by atomic mass is 9.78. The van der Waals surface area contributed by atoms with Gasteiger partial charge in [0.25, 0.3) is 0 Å². The molecule has 5 heteroatoms. The van der Waals surface area contributed by atoms with Crippen molar-refractivity contribution in [1.82, 2.24) is 24.9 Å². The van der Waals surface area contributed by atoms with Crippen LogP contribution in [0.3, 0.4) is 0 Å². The van der Waals surface area contributed by atoms with Crippen molar-refractivity contribution in [2.75, 3.05) is 0 Å². The quantitative estimate of drug-likeness (QED) is 0.125. The van der Waals surface area contributed by atoms with Crippen molar-refractivity contribution >= 4 is 10.9 Å². The zero-order valence-corrected chi connectivity index (χ0v) is 28.0. The molecule has 1 aliphatic heterocycles. The van der Waals surface area contributed by atoms with E-state index in [2.05, 4.69) is 166 Å². The smallest absolute Gasteiger partial charge is 0.0457 e. The highest BCUT2D eigenvalue weighted by Crippen LogP contribution is 2.45. The fourth-order valence-corrected chi connectivity index (χ4v) is 7.51. The molecule has 6 aromatic rings. The Hall–Kier alpha value is -4.38. The molecule has 0 spiro atoms. The Kier molecular flexibility index (Phi) is 6.39. The van der Waals surface area contributed by atoms with Gasteiger partial charge in [-0.3, -0.25) is 0 Å². The van der Waals surface area contributed by atoms with Crippen LogP contribution in [0, 0.1) is 0 Å². The molecular formula is C40H47N5. The Labute approximate surface area is 267 Å². The first-order chi connectivity index (χ1) is 21.3. The lowest BCUT2D eigenvalue weighted by molar-refractivity contribution is 0.543. The summed E-state index contributed by atoms with van der Waals surface area (Å²) in [4.78, 5) is 19.2. The number of aromatic amines is 5. The molecule has 8 bridgehead atoms. The number of aromatic nitrogens is 5. The summed E-state index contributed by atoms with van der Waals surface area (Å²) in [5, 5.41) is 1.26. The van der Waals surface area contributed by atoms with Gasteiger partial charge in [-0.1, -0.05) is 24.3 Å². The zero-order valence-electron chi connectivity index (χ0n) is 28.0. The molecule has 5 aromatic heterocycles. The number of allylic oxidation sites excluding steroid dienone is 1. The van der Waals surface area contributed by atoms with Crippen molar-refractivity contribution < 1.29 is 0 Å². The van der Waals surface area contributed by atoms with Crippen molar-refractivity contribution in [3.63, 3.8) is 0 Å². The lowest BCUT2D eigenvalue weighted by Gasteiger charge is -2.29. The van der Waals surface area contributed by atoms with Crippen molar-refractivity contribution in [2.24, 2.45) is 0 Å². The number of rotatable bonds is 4. The van der Waals surface area contributed by atoms with E-state index in [1.165, 1.54) is 62.1 Å². The van der Waals surface area contributed by atoms with E-state index < -0.39 is 0 Å². The highest BCUT2D eigenvalue weighted by Gasteiger charge is 2.39. The van der Waals surface area contributed by atoms with Crippen LogP contribution in [-0.4, -0.2) is 24.9 Å². The highest BCUT2D eigenvalue weighted by atomic mass is 14.9. The summed E-state index contributed by atoms with van der Waals surface area (Å²) in [6.45, 7) is 22.7. The molecule has 7 rings (SSSR count). The Morgan fingerprint density at radius 1 is 0.578 bits per heavy atom. The first-order valence-electron chi connectivity index (χ1n) is 16.3. The Morgan fingerprint density at radius 2 is 1.04 bits per heavy atom. The van der Waals surface area contributed by atoms with Crippen LogP contribution in [0.5, 0.6) is 0 Å². The van der Waals surface area contributed by atoms with Gasteiger partial charge in [-0.2, -0.15) is 0 Å². The van der Waals surface area contributed by atoms with Crippen LogP contribution in [0.4, 0.5) is 0 Å². The van der Waals surface area contributed by atoms with Gasteiger partial charge in [0, 0.05) is 90.2 Å². The maximum absolute atomic E-state index is 4.21. The van der Waals surface area contributed by atoms with Crippen LogP contribution in [-0.2, 0) is 21.7 Å². The molecule has 0 amide bonds. The van der Waals surface area contributed by atoms with Crippen molar-refractivity contribution in [3.05, 3.63) is 142 Å². The average Bonchev–Trinajstić information content (AvgIpc) is 3.84.